The van der Waals surface area contributed by atoms with Crippen molar-refractivity contribution in [3.63, 3.8) is 0 Å². The summed E-state index contributed by atoms with van der Waals surface area (Å²) >= 11 is 1.44. The fraction of sp³-hybridized carbons (Fsp3) is 0.111. The van der Waals surface area contributed by atoms with Crippen molar-refractivity contribution < 1.29 is 9.53 Å². The standard InChI is InChI=1S/C18H16N6O2S/c1-26-16-5-4-13(27-16)17-22-15-8-12(7-14(19)24(15)23-17)18(25)21-10-11-3-2-6-20-9-11/h2-9H,10,19H2,1H3,(H,21,25). The zero-order valence-corrected chi connectivity index (χ0v) is 15.2. The highest BCUT2D eigenvalue weighted by Gasteiger charge is 2.14. The number of methoxy groups -OCH3 is 1. The Hall–Kier alpha value is -3.46. The molecule has 0 aliphatic heterocycles. The first-order valence-corrected chi connectivity index (χ1v) is 8.93. The smallest absolute Gasteiger partial charge is 0.251 e. The first kappa shape index (κ1) is 17.0. The Bertz CT molecular complexity index is 1110. The molecule has 0 aliphatic carbocycles. The minimum Gasteiger partial charge on any atom is -0.487 e. The van der Waals surface area contributed by atoms with Gasteiger partial charge in [0.05, 0.1) is 12.0 Å². The molecule has 4 aromatic rings. The van der Waals surface area contributed by atoms with E-state index in [1.807, 2.05) is 24.3 Å². The van der Waals surface area contributed by atoms with Crippen molar-refractivity contribution in [2.45, 2.75) is 6.54 Å². The number of nitrogens with two attached hydrogens (primary N) is 1. The molecule has 9 heteroatoms. The summed E-state index contributed by atoms with van der Waals surface area (Å²) in [6.45, 7) is 0.380. The lowest BCUT2D eigenvalue weighted by Crippen LogP contribution is -2.23. The van der Waals surface area contributed by atoms with Gasteiger partial charge in [-0.1, -0.05) is 17.4 Å². The Kier molecular flexibility index (Phi) is 4.43. The van der Waals surface area contributed by atoms with Gasteiger partial charge in [0.15, 0.2) is 16.5 Å². The molecule has 136 valence electrons. The first-order valence-electron chi connectivity index (χ1n) is 8.11. The molecule has 0 fully saturated rings. The summed E-state index contributed by atoms with van der Waals surface area (Å²) in [5.74, 6) is 0.625. The van der Waals surface area contributed by atoms with Crippen LogP contribution in [-0.4, -0.2) is 32.6 Å². The number of nitrogen functional groups attached to an aromatic ring is 1. The number of pyridine rings is 2. The number of anilines is 1. The van der Waals surface area contributed by atoms with E-state index in [-0.39, 0.29) is 5.91 Å². The zero-order chi connectivity index (χ0) is 18.8. The van der Waals surface area contributed by atoms with E-state index in [2.05, 4.69) is 20.4 Å². The number of rotatable bonds is 5. The summed E-state index contributed by atoms with van der Waals surface area (Å²) in [5.41, 5.74) is 7.91. The molecule has 0 unspecified atom stereocenters. The molecule has 0 aliphatic rings. The lowest BCUT2D eigenvalue weighted by atomic mass is 10.2. The molecular formula is C18H16N6O2S. The molecule has 4 rings (SSSR count). The molecule has 8 nitrogen and oxygen atoms in total. The van der Waals surface area contributed by atoms with Crippen molar-refractivity contribution in [3.8, 4) is 15.8 Å². The van der Waals surface area contributed by atoms with Crippen LogP contribution in [0.25, 0.3) is 16.3 Å². The highest BCUT2D eigenvalue weighted by Crippen LogP contribution is 2.31. The normalized spacial score (nSPS) is 10.9. The Morgan fingerprint density at radius 1 is 1.33 bits per heavy atom. The van der Waals surface area contributed by atoms with E-state index in [1.165, 1.54) is 15.9 Å². The fourth-order valence-corrected chi connectivity index (χ4v) is 3.33. The molecule has 0 saturated heterocycles. The number of aromatic nitrogens is 4. The van der Waals surface area contributed by atoms with E-state index in [4.69, 9.17) is 10.5 Å². The Morgan fingerprint density at radius 2 is 2.22 bits per heavy atom. The number of carbonyl (C=O) groups is 1. The van der Waals surface area contributed by atoms with Crippen LogP contribution in [0.5, 0.6) is 5.06 Å². The van der Waals surface area contributed by atoms with Gasteiger partial charge in [-0.2, -0.15) is 4.52 Å². The molecule has 0 spiro atoms. The van der Waals surface area contributed by atoms with Crippen LogP contribution in [0.3, 0.4) is 0 Å². The van der Waals surface area contributed by atoms with Crippen LogP contribution >= 0.6 is 11.3 Å². The van der Waals surface area contributed by atoms with Crippen LogP contribution < -0.4 is 15.8 Å². The third kappa shape index (κ3) is 3.44. The number of ether oxygens (including phenoxy) is 1. The summed E-state index contributed by atoms with van der Waals surface area (Å²) in [7, 11) is 1.61. The average Bonchev–Trinajstić information content (AvgIpc) is 3.33. The molecule has 4 aromatic heterocycles. The summed E-state index contributed by atoms with van der Waals surface area (Å²) < 4.78 is 6.72. The molecule has 3 N–H and O–H groups in total. The van der Waals surface area contributed by atoms with Gasteiger partial charge in [-0.25, -0.2) is 4.98 Å². The lowest BCUT2D eigenvalue weighted by molar-refractivity contribution is 0.0951. The Balaban J connectivity index is 1.59. The SMILES string of the molecule is COc1ccc(-c2nc3cc(C(=O)NCc4cccnc4)cc(N)n3n2)s1. The van der Waals surface area contributed by atoms with Gasteiger partial charge in [-0.05, 0) is 35.9 Å². The van der Waals surface area contributed by atoms with Crippen LogP contribution in [0.4, 0.5) is 5.82 Å². The van der Waals surface area contributed by atoms with Gasteiger partial charge in [0, 0.05) is 24.5 Å². The van der Waals surface area contributed by atoms with Gasteiger partial charge in [0.25, 0.3) is 5.91 Å². The minimum absolute atomic E-state index is 0.240. The number of amides is 1. The lowest BCUT2D eigenvalue weighted by Gasteiger charge is -2.06. The largest absolute Gasteiger partial charge is 0.487 e. The number of nitrogens with zero attached hydrogens (tertiary/aromatic N) is 4. The molecule has 0 bridgehead atoms. The molecule has 0 atom stereocenters. The molecule has 0 saturated carbocycles. The second-order valence-corrected chi connectivity index (χ2v) is 6.79. The van der Waals surface area contributed by atoms with Gasteiger partial charge in [-0.3, -0.25) is 9.78 Å². The maximum absolute atomic E-state index is 12.5. The second kappa shape index (κ2) is 7.04. The van der Waals surface area contributed by atoms with Crippen LogP contribution in [0, 0.1) is 0 Å². The van der Waals surface area contributed by atoms with E-state index >= 15 is 0 Å². The third-order valence-electron chi connectivity index (χ3n) is 3.91. The highest BCUT2D eigenvalue weighted by atomic mass is 32.1. The van der Waals surface area contributed by atoms with Crippen molar-refractivity contribution in [1.29, 1.82) is 0 Å². The Morgan fingerprint density at radius 3 is 2.96 bits per heavy atom. The third-order valence-corrected chi connectivity index (χ3v) is 4.95. The van der Waals surface area contributed by atoms with Gasteiger partial charge in [0.1, 0.15) is 5.82 Å². The van der Waals surface area contributed by atoms with Crippen LogP contribution in [0.2, 0.25) is 0 Å². The predicted molar refractivity (Wildman–Crippen MR) is 103 cm³/mol. The zero-order valence-electron chi connectivity index (χ0n) is 14.4. The van der Waals surface area contributed by atoms with E-state index < -0.39 is 0 Å². The van der Waals surface area contributed by atoms with Gasteiger partial charge < -0.3 is 15.8 Å². The van der Waals surface area contributed by atoms with E-state index in [1.54, 1.807) is 31.6 Å². The molecule has 1 amide bonds. The topological polar surface area (TPSA) is 107 Å². The molecule has 0 aromatic carbocycles. The maximum Gasteiger partial charge on any atom is 0.251 e. The molecular weight excluding hydrogens is 364 g/mol. The summed E-state index contributed by atoms with van der Waals surface area (Å²) in [6, 6.07) is 10.7. The molecule has 0 radical (unpaired) electrons. The monoisotopic (exact) mass is 380 g/mol. The van der Waals surface area contributed by atoms with Gasteiger partial charge in [0.2, 0.25) is 0 Å². The number of thiophene rings is 1. The van der Waals surface area contributed by atoms with Crippen molar-refractivity contribution in [3.05, 3.63) is 59.9 Å². The Labute approximate surface area is 158 Å². The van der Waals surface area contributed by atoms with Crippen LogP contribution in [0.15, 0.2) is 48.8 Å². The number of nitrogens with one attached hydrogen (secondary N) is 1. The van der Waals surface area contributed by atoms with Crippen molar-refractivity contribution in [2.75, 3.05) is 12.8 Å². The number of hydrogen-bond acceptors (Lipinski definition) is 7. The maximum atomic E-state index is 12.5. The van der Waals surface area contributed by atoms with E-state index in [0.29, 0.717) is 29.4 Å². The van der Waals surface area contributed by atoms with Gasteiger partial charge >= 0.3 is 0 Å². The van der Waals surface area contributed by atoms with E-state index in [9.17, 15) is 4.79 Å². The van der Waals surface area contributed by atoms with Crippen molar-refractivity contribution >= 4 is 28.7 Å². The number of carbonyl (C=O) groups excluding carboxylic acids is 1. The van der Waals surface area contributed by atoms with Crippen molar-refractivity contribution in [2.24, 2.45) is 0 Å². The van der Waals surface area contributed by atoms with Crippen LogP contribution in [0.1, 0.15) is 15.9 Å². The fourth-order valence-electron chi connectivity index (χ4n) is 2.58. The van der Waals surface area contributed by atoms with Crippen LogP contribution in [-0.2, 0) is 6.54 Å². The van der Waals surface area contributed by atoms with Gasteiger partial charge in [-0.15, -0.1) is 5.10 Å². The minimum atomic E-state index is -0.240. The summed E-state index contributed by atoms with van der Waals surface area (Å²) in [6.07, 6.45) is 3.39. The molecule has 4 heterocycles. The predicted octanol–water partition coefficient (Wildman–Crippen LogP) is 2.37. The number of fused-ring (bicyclic) bond motifs is 1. The first-order chi connectivity index (χ1) is 13.1. The summed E-state index contributed by atoms with van der Waals surface area (Å²) in [5, 5.41) is 8.04. The second-order valence-electron chi connectivity index (χ2n) is 5.74. The summed E-state index contributed by atoms with van der Waals surface area (Å²) in [4.78, 5) is 21.9. The molecule has 27 heavy (non-hydrogen) atoms. The average molecular weight is 380 g/mol. The van der Waals surface area contributed by atoms with Crippen molar-refractivity contribution in [1.82, 2.24) is 24.9 Å². The highest BCUT2D eigenvalue weighted by molar-refractivity contribution is 7.17. The quantitative estimate of drug-likeness (QED) is 0.550. The number of hydrogen-bond donors (Lipinski definition) is 2. The van der Waals surface area contributed by atoms with E-state index in [0.717, 1.165) is 15.5 Å².